The van der Waals surface area contributed by atoms with E-state index in [4.69, 9.17) is 4.52 Å². The molecule has 0 spiro atoms. The molecule has 1 unspecified atom stereocenters. The van der Waals surface area contributed by atoms with Gasteiger partial charge in [-0.25, -0.2) is 0 Å². The van der Waals surface area contributed by atoms with E-state index in [1.54, 1.807) is 0 Å². The number of benzene rings is 2. The molecule has 0 amide bonds. The molecule has 4 rings (SSSR count). The third-order valence-corrected chi connectivity index (χ3v) is 6.79. The van der Waals surface area contributed by atoms with Gasteiger partial charge in [0.1, 0.15) is 6.26 Å². The smallest absolute Gasteiger partial charge is 0.198 e. The number of aromatic nitrogens is 1. The second kappa shape index (κ2) is 7.84. The van der Waals surface area contributed by atoms with Crippen molar-refractivity contribution in [3.8, 4) is 0 Å². The summed E-state index contributed by atoms with van der Waals surface area (Å²) in [4.78, 5) is 14.2. The fourth-order valence-electron chi connectivity index (χ4n) is 3.59. The average Bonchev–Trinajstić information content (AvgIpc) is 3.45. The van der Waals surface area contributed by atoms with E-state index in [1.807, 2.05) is 56.3 Å². The number of ketones is 1. The summed E-state index contributed by atoms with van der Waals surface area (Å²) in [6, 6.07) is 13.7. The Hall–Kier alpha value is -2.53. The van der Waals surface area contributed by atoms with E-state index in [0.717, 1.165) is 40.1 Å². The highest BCUT2D eigenvalue weighted by molar-refractivity contribution is 7.85. The SMILES string of the molecule is CCS(=O)c1ccc(C(=O)c2conc2C2CC2)c(Cc2ccccc2)c1C. The van der Waals surface area contributed by atoms with Crippen molar-refractivity contribution in [1.29, 1.82) is 0 Å². The van der Waals surface area contributed by atoms with Gasteiger partial charge in [-0.05, 0) is 55.0 Å². The number of hydrogen-bond acceptors (Lipinski definition) is 4. The summed E-state index contributed by atoms with van der Waals surface area (Å²) in [6.07, 6.45) is 4.19. The Morgan fingerprint density at radius 2 is 1.89 bits per heavy atom. The first-order valence-corrected chi connectivity index (χ1v) is 11.0. The van der Waals surface area contributed by atoms with Gasteiger partial charge in [-0.1, -0.05) is 42.4 Å². The molecule has 0 radical (unpaired) electrons. The number of rotatable bonds is 7. The van der Waals surface area contributed by atoms with Crippen molar-refractivity contribution >= 4 is 16.6 Å². The van der Waals surface area contributed by atoms with Crippen LogP contribution in [-0.4, -0.2) is 20.9 Å². The zero-order chi connectivity index (χ0) is 19.7. The van der Waals surface area contributed by atoms with Gasteiger partial charge in [0.25, 0.3) is 0 Å². The first-order chi connectivity index (χ1) is 13.6. The molecule has 1 atom stereocenters. The van der Waals surface area contributed by atoms with Crippen LogP contribution in [0.3, 0.4) is 0 Å². The van der Waals surface area contributed by atoms with Crippen molar-refractivity contribution in [3.05, 3.63) is 82.2 Å². The van der Waals surface area contributed by atoms with Crippen molar-refractivity contribution in [3.63, 3.8) is 0 Å². The van der Waals surface area contributed by atoms with Crippen LogP contribution in [0.4, 0.5) is 0 Å². The van der Waals surface area contributed by atoms with Gasteiger partial charge < -0.3 is 4.52 Å². The minimum absolute atomic E-state index is 0.0639. The molecule has 1 fully saturated rings. The maximum absolute atomic E-state index is 13.4. The highest BCUT2D eigenvalue weighted by Crippen LogP contribution is 2.41. The third kappa shape index (κ3) is 3.59. The van der Waals surface area contributed by atoms with Gasteiger partial charge in [0.15, 0.2) is 5.78 Å². The normalized spacial score (nSPS) is 14.8. The summed E-state index contributed by atoms with van der Waals surface area (Å²) >= 11 is 0. The predicted octanol–water partition coefficient (Wildman–Crippen LogP) is 4.81. The molecule has 0 N–H and O–H groups in total. The fourth-order valence-corrected chi connectivity index (χ4v) is 4.59. The Labute approximate surface area is 167 Å². The molecule has 0 saturated heterocycles. The topological polar surface area (TPSA) is 60.2 Å². The van der Waals surface area contributed by atoms with Crippen LogP contribution in [0.2, 0.25) is 0 Å². The molecule has 1 saturated carbocycles. The van der Waals surface area contributed by atoms with Crippen LogP contribution in [0.15, 0.2) is 58.1 Å². The lowest BCUT2D eigenvalue weighted by Gasteiger charge is -2.15. The summed E-state index contributed by atoms with van der Waals surface area (Å²) in [7, 11) is -1.07. The van der Waals surface area contributed by atoms with Crippen molar-refractivity contribution in [2.75, 3.05) is 5.75 Å². The van der Waals surface area contributed by atoms with Gasteiger partial charge >= 0.3 is 0 Å². The largest absolute Gasteiger partial charge is 0.364 e. The van der Waals surface area contributed by atoms with Gasteiger partial charge in [-0.15, -0.1) is 0 Å². The summed E-state index contributed by atoms with van der Waals surface area (Å²) in [5.74, 6) is 0.824. The maximum atomic E-state index is 13.4. The summed E-state index contributed by atoms with van der Waals surface area (Å²) < 4.78 is 17.6. The van der Waals surface area contributed by atoms with Crippen LogP contribution in [0.5, 0.6) is 0 Å². The van der Waals surface area contributed by atoms with E-state index in [0.29, 0.717) is 29.2 Å². The number of hydrogen-bond donors (Lipinski definition) is 0. The Morgan fingerprint density at radius 3 is 2.57 bits per heavy atom. The van der Waals surface area contributed by atoms with E-state index < -0.39 is 10.8 Å². The summed E-state index contributed by atoms with van der Waals surface area (Å²) in [5.41, 5.74) is 4.95. The Kier molecular flexibility index (Phi) is 5.27. The van der Waals surface area contributed by atoms with Crippen LogP contribution in [0.1, 0.15) is 64.0 Å². The van der Waals surface area contributed by atoms with Crippen molar-refractivity contribution in [2.24, 2.45) is 0 Å². The quantitative estimate of drug-likeness (QED) is 0.541. The number of nitrogens with zero attached hydrogens (tertiary/aromatic N) is 1. The molecule has 4 nitrogen and oxygen atoms in total. The zero-order valence-electron chi connectivity index (χ0n) is 16.1. The minimum Gasteiger partial charge on any atom is -0.364 e. The summed E-state index contributed by atoms with van der Waals surface area (Å²) in [5, 5.41) is 4.08. The lowest BCUT2D eigenvalue weighted by Crippen LogP contribution is -2.11. The maximum Gasteiger partial charge on any atom is 0.198 e. The minimum atomic E-state index is -1.07. The molecular weight excluding hydrogens is 370 g/mol. The van der Waals surface area contributed by atoms with Crippen molar-refractivity contribution < 1.29 is 13.5 Å². The van der Waals surface area contributed by atoms with Gasteiger partial charge in [0, 0.05) is 22.1 Å². The zero-order valence-corrected chi connectivity index (χ0v) is 16.9. The first kappa shape index (κ1) is 18.8. The lowest BCUT2D eigenvalue weighted by molar-refractivity contribution is 0.103. The molecule has 0 aliphatic heterocycles. The van der Waals surface area contributed by atoms with Gasteiger partial charge in [0.2, 0.25) is 0 Å². The fraction of sp³-hybridized carbons (Fsp3) is 0.304. The second-order valence-corrected chi connectivity index (χ2v) is 8.94. The molecule has 1 aliphatic rings. The van der Waals surface area contributed by atoms with E-state index in [9.17, 15) is 9.00 Å². The van der Waals surface area contributed by atoms with Gasteiger partial charge in [0.05, 0.1) is 22.1 Å². The number of carbonyl (C=O) groups is 1. The van der Waals surface area contributed by atoms with Gasteiger partial charge in [-0.2, -0.15) is 0 Å². The lowest BCUT2D eigenvalue weighted by atomic mass is 9.91. The van der Waals surface area contributed by atoms with E-state index in [2.05, 4.69) is 5.16 Å². The molecule has 1 aromatic heterocycles. The molecule has 1 aliphatic carbocycles. The van der Waals surface area contributed by atoms with Crippen LogP contribution in [0.25, 0.3) is 0 Å². The Balaban J connectivity index is 1.81. The second-order valence-electron chi connectivity index (χ2n) is 7.23. The standard InChI is InChI=1S/C23H23NO3S/c1-3-28(26)21-12-11-18(19(15(21)2)13-16-7-5-4-6-8-16)23(25)20-14-27-24-22(20)17-9-10-17/h4-8,11-12,14,17H,3,9-10,13H2,1-2H3. The van der Waals surface area contributed by atoms with E-state index >= 15 is 0 Å². The average molecular weight is 394 g/mol. The van der Waals surface area contributed by atoms with Crippen molar-refractivity contribution in [1.82, 2.24) is 5.16 Å². The van der Waals surface area contributed by atoms with Crippen LogP contribution >= 0.6 is 0 Å². The van der Waals surface area contributed by atoms with Crippen molar-refractivity contribution in [2.45, 2.75) is 43.9 Å². The van der Waals surface area contributed by atoms with Crippen LogP contribution in [0, 0.1) is 6.92 Å². The monoisotopic (exact) mass is 393 g/mol. The molecule has 144 valence electrons. The molecule has 28 heavy (non-hydrogen) atoms. The molecule has 3 aromatic rings. The molecule has 1 heterocycles. The van der Waals surface area contributed by atoms with E-state index in [-0.39, 0.29) is 5.78 Å². The first-order valence-electron chi connectivity index (χ1n) is 9.63. The highest BCUT2D eigenvalue weighted by Gasteiger charge is 2.32. The highest BCUT2D eigenvalue weighted by atomic mass is 32.2. The number of carbonyl (C=O) groups excluding carboxylic acids is 1. The van der Waals surface area contributed by atoms with E-state index in [1.165, 1.54) is 6.26 Å². The predicted molar refractivity (Wildman–Crippen MR) is 109 cm³/mol. The Morgan fingerprint density at radius 1 is 1.14 bits per heavy atom. The molecule has 0 bridgehead atoms. The van der Waals surface area contributed by atoms with Gasteiger partial charge in [-0.3, -0.25) is 9.00 Å². The molecular formula is C23H23NO3S. The van der Waals surface area contributed by atoms with Crippen LogP contribution in [-0.2, 0) is 17.2 Å². The van der Waals surface area contributed by atoms with Crippen LogP contribution < -0.4 is 0 Å². The molecule has 5 heteroatoms. The Bertz CT molecular complexity index is 1040. The summed E-state index contributed by atoms with van der Waals surface area (Å²) in [6.45, 7) is 3.87. The molecule has 2 aromatic carbocycles. The third-order valence-electron chi connectivity index (χ3n) is 5.33.